The lowest BCUT2D eigenvalue weighted by molar-refractivity contribution is 0.101. The van der Waals surface area contributed by atoms with Gasteiger partial charge in [0.1, 0.15) is 11.6 Å². The third-order valence-electron chi connectivity index (χ3n) is 3.04. The Morgan fingerprint density at radius 2 is 2.05 bits per heavy atom. The first-order valence-electron chi connectivity index (χ1n) is 6.37. The molecule has 110 valence electrons. The second-order valence-electron chi connectivity index (χ2n) is 4.55. The van der Waals surface area contributed by atoms with E-state index in [0.717, 1.165) is 10.5 Å². The molecule has 0 aliphatic heterocycles. The van der Waals surface area contributed by atoms with Crippen molar-refractivity contribution in [3.63, 3.8) is 0 Å². The fourth-order valence-corrected chi connectivity index (χ4v) is 2.84. The minimum absolute atomic E-state index is 0.00481. The molecule has 0 unspecified atom stereocenters. The van der Waals surface area contributed by atoms with Crippen molar-refractivity contribution >= 4 is 23.2 Å². The molecule has 5 heteroatoms. The molecule has 0 aromatic heterocycles. The van der Waals surface area contributed by atoms with Crippen LogP contribution in [0, 0.1) is 5.82 Å². The van der Waals surface area contributed by atoms with Gasteiger partial charge in [0.15, 0.2) is 5.78 Å². The van der Waals surface area contributed by atoms with Gasteiger partial charge in [-0.05, 0) is 43.3 Å². The van der Waals surface area contributed by atoms with E-state index in [1.165, 1.54) is 30.8 Å². The zero-order valence-electron chi connectivity index (χ0n) is 11.9. The summed E-state index contributed by atoms with van der Waals surface area (Å²) in [6.45, 7) is 1.52. The Morgan fingerprint density at radius 3 is 2.67 bits per heavy atom. The van der Waals surface area contributed by atoms with Gasteiger partial charge in [0.2, 0.25) is 0 Å². The summed E-state index contributed by atoms with van der Waals surface area (Å²) in [6, 6.07) is 9.65. The van der Waals surface area contributed by atoms with E-state index in [-0.39, 0.29) is 11.6 Å². The maximum absolute atomic E-state index is 13.0. The van der Waals surface area contributed by atoms with E-state index in [4.69, 9.17) is 10.5 Å². The van der Waals surface area contributed by atoms with E-state index < -0.39 is 0 Å². The Hall–Kier alpha value is -2.01. The molecule has 21 heavy (non-hydrogen) atoms. The topological polar surface area (TPSA) is 52.3 Å². The first kappa shape index (κ1) is 15.4. The molecule has 2 aromatic rings. The summed E-state index contributed by atoms with van der Waals surface area (Å²) in [4.78, 5) is 12.3. The molecule has 0 heterocycles. The molecule has 0 saturated heterocycles. The van der Waals surface area contributed by atoms with E-state index in [9.17, 15) is 9.18 Å². The smallest absolute Gasteiger partial charge is 0.159 e. The van der Waals surface area contributed by atoms with Gasteiger partial charge in [0, 0.05) is 27.5 Å². The molecule has 0 atom stereocenters. The quantitative estimate of drug-likeness (QED) is 0.517. The summed E-state index contributed by atoms with van der Waals surface area (Å²) in [5, 5.41) is 0. The van der Waals surface area contributed by atoms with Crippen molar-refractivity contribution in [3.05, 3.63) is 53.3 Å². The van der Waals surface area contributed by atoms with E-state index in [2.05, 4.69) is 0 Å². The number of hydrogen-bond acceptors (Lipinski definition) is 4. The van der Waals surface area contributed by atoms with Gasteiger partial charge in [0.05, 0.1) is 7.11 Å². The highest BCUT2D eigenvalue weighted by molar-refractivity contribution is 7.98. The van der Waals surface area contributed by atoms with Crippen LogP contribution in [0.25, 0.3) is 0 Å². The van der Waals surface area contributed by atoms with Crippen LogP contribution in [0.4, 0.5) is 10.1 Å². The number of nitrogens with two attached hydrogens (primary N) is 1. The Bertz CT molecular complexity index is 673. The van der Waals surface area contributed by atoms with Gasteiger partial charge in [-0.25, -0.2) is 4.39 Å². The van der Waals surface area contributed by atoms with Crippen LogP contribution in [0.3, 0.4) is 0 Å². The molecule has 0 radical (unpaired) electrons. The fraction of sp³-hybridized carbons (Fsp3) is 0.188. The number of methoxy groups -OCH3 is 1. The van der Waals surface area contributed by atoms with Gasteiger partial charge in [0.25, 0.3) is 0 Å². The fourth-order valence-electron chi connectivity index (χ4n) is 1.92. The molecular formula is C16H16FNO2S. The maximum atomic E-state index is 13.0. The third kappa shape index (κ3) is 3.76. The van der Waals surface area contributed by atoms with Crippen LogP contribution in [0.2, 0.25) is 0 Å². The van der Waals surface area contributed by atoms with Crippen molar-refractivity contribution in [2.75, 3.05) is 12.8 Å². The predicted molar refractivity (Wildman–Crippen MR) is 83.4 cm³/mol. The van der Waals surface area contributed by atoms with E-state index >= 15 is 0 Å². The van der Waals surface area contributed by atoms with Crippen molar-refractivity contribution in [2.24, 2.45) is 0 Å². The van der Waals surface area contributed by atoms with Crippen molar-refractivity contribution in [1.29, 1.82) is 0 Å². The van der Waals surface area contributed by atoms with E-state index in [0.29, 0.717) is 22.8 Å². The lowest BCUT2D eigenvalue weighted by Gasteiger charge is -2.11. The highest BCUT2D eigenvalue weighted by Crippen LogP contribution is 2.32. The molecular weight excluding hydrogens is 289 g/mol. The molecule has 0 aliphatic carbocycles. The number of benzene rings is 2. The second-order valence-corrected chi connectivity index (χ2v) is 5.57. The van der Waals surface area contributed by atoms with Gasteiger partial charge in [-0.1, -0.05) is 0 Å². The SMILES string of the molecule is COc1ccc(C(C)=O)cc1CSc1ccc(F)cc1N. The molecule has 2 N–H and O–H groups in total. The molecule has 2 rings (SSSR count). The first-order chi connectivity index (χ1) is 10.0. The van der Waals surface area contributed by atoms with Crippen LogP contribution in [0.15, 0.2) is 41.3 Å². The van der Waals surface area contributed by atoms with Crippen molar-refractivity contribution in [1.82, 2.24) is 0 Å². The van der Waals surface area contributed by atoms with Gasteiger partial charge in [-0.15, -0.1) is 11.8 Å². The number of Topliss-reactive ketones (excluding diaryl/α,β-unsaturated/α-hetero) is 1. The number of carbonyl (C=O) groups is 1. The minimum atomic E-state index is -0.354. The van der Waals surface area contributed by atoms with E-state index in [1.807, 2.05) is 6.07 Å². The number of rotatable bonds is 5. The Labute approximate surface area is 127 Å². The average molecular weight is 305 g/mol. The highest BCUT2D eigenvalue weighted by atomic mass is 32.2. The first-order valence-corrected chi connectivity index (χ1v) is 7.35. The summed E-state index contributed by atoms with van der Waals surface area (Å²) >= 11 is 1.48. The normalized spacial score (nSPS) is 10.4. The Kier molecular flexibility index (Phi) is 4.85. The number of halogens is 1. The van der Waals surface area contributed by atoms with Crippen LogP contribution in [-0.4, -0.2) is 12.9 Å². The summed E-state index contributed by atoms with van der Waals surface area (Å²) in [5.41, 5.74) is 7.73. The zero-order valence-corrected chi connectivity index (χ0v) is 12.7. The number of carbonyl (C=O) groups excluding carboxylic acids is 1. The number of ether oxygens (including phenoxy) is 1. The zero-order chi connectivity index (χ0) is 15.4. The standard InChI is InChI=1S/C16H16FNO2S/c1-10(19)11-3-5-15(20-2)12(7-11)9-21-16-6-4-13(17)8-14(16)18/h3-8H,9,18H2,1-2H3. The maximum Gasteiger partial charge on any atom is 0.159 e. The van der Waals surface area contributed by atoms with Crippen LogP contribution < -0.4 is 10.5 Å². The van der Waals surface area contributed by atoms with Gasteiger partial charge >= 0.3 is 0 Å². The number of nitrogen functional groups attached to an aromatic ring is 1. The van der Waals surface area contributed by atoms with Crippen molar-refractivity contribution in [3.8, 4) is 5.75 Å². The van der Waals surface area contributed by atoms with Crippen LogP contribution in [0.5, 0.6) is 5.75 Å². The monoisotopic (exact) mass is 305 g/mol. The summed E-state index contributed by atoms with van der Waals surface area (Å²) < 4.78 is 18.3. The lowest BCUT2D eigenvalue weighted by atomic mass is 10.1. The van der Waals surface area contributed by atoms with Crippen LogP contribution in [-0.2, 0) is 5.75 Å². The van der Waals surface area contributed by atoms with Gasteiger partial charge < -0.3 is 10.5 Å². The van der Waals surface area contributed by atoms with Crippen LogP contribution in [0.1, 0.15) is 22.8 Å². The Balaban J connectivity index is 2.22. The molecule has 3 nitrogen and oxygen atoms in total. The lowest BCUT2D eigenvalue weighted by Crippen LogP contribution is -1.97. The molecule has 2 aromatic carbocycles. The largest absolute Gasteiger partial charge is 0.496 e. The number of ketones is 1. The van der Waals surface area contributed by atoms with Crippen molar-refractivity contribution < 1.29 is 13.9 Å². The number of hydrogen-bond donors (Lipinski definition) is 1. The van der Waals surface area contributed by atoms with E-state index in [1.54, 1.807) is 25.3 Å². The molecule has 0 fully saturated rings. The summed E-state index contributed by atoms with van der Waals surface area (Å²) in [6.07, 6.45) is 0. The average Bonchev–Trinajstić information content (AvgIpc) is 2.46. The van der Waals surface area contributed by atoms with Gasteiger partial charge in [-0.3, -0.25) is 4.79 Å². The van der Waals surface area contributed by atoms with Crippen molar-refractivity contribution in [2.45, 2.75) is 17.6 Å². The van der Waals surface area contributed by atoms with Crippen LogP contribution >= 0.6 is 11.8 Å². The number of thioether (sulfide) groups is 1. The molecule has 0 saturated carbocycles. The molecule has 0 aliphatic rings. The highest BCUT2D eigenvalue weighted by Gasteiger charge is 2.09. The predicted octanol–water partition coefficient (Wildman–Crippen LogP) is 3.91. The molecule has 0 amide bonds. The minimum Gasteiger partial charge on any atom is -0.496 e. The Morgan fingerprint density at radius 1 is 1.29 bits per heavy atom. The second kappa shape index (κ2) is 6.63. The molecule has 0 bridgehead atoms. The third-order valence-corrected chi connectivity index (χ3v) is 4.18. The summed E-state index contributed by atoms with van der Waals surface area (Å²) in [7, 11) is 1.59. The number of anilines is 1. The van der Waals surface area contributed by atoms with Gasteiger partial charge in [-0.2, -0.15) is 0 Å². The summed E-state index contributed by atoms with van der Waals surface area (Å²) in [5.74, 6) is 0.950. The molecule has 0 spiro atoms.